The van der Waals surface area contributed by atoms with Gasteiger partial charge in [-0.2, -0.15) is 0 Å². The Kier molecular flexibility index (Phi) is 2.98. The van der Waals surface area contributed by atoms with Gasteiger partial charge in [-0.3, -0.25) is 0 Å². The average Bonchev–Trinajstić information content (AvgIpc) is 2.51. The summed E-state index contributed by atoms with van der Waals surface area (Å²) in [6, 6.07) is 10.6. The molecule has 0 atom stereocenters. The molecule has 0 unspecified atom stereocenters. The minimum atomic E-state index is -0.286. The highest BCUT2D eigenvalue weighted by atomic mass is 16.5. The van der Waals surface area contributed by atoms with Gasteiger partial charge in [0, 0.05) is 0 Å². The molecule has 1 amide bonds. The molecular weight excluding hydrogens is 262 g/mol. The van der Waals surface area contributed by atoms with Crippen LogP contribution in [0.25, 0.3) is 0 Å². The molecule has 0 radical (unpaired) electrons. The van der Waals surface area contributed by atoms with E-state index in [9.17, 15) is 4.79 Å². The minimum Gasteiger partial charge on any atom is -0.453 e. The summed E-state index contributed by atoms with van der Waals surface area (Å²) in [6.45, 7) is 0. The van der Waals surface area contributed by atoms with Crippen LogP contribution in [0.4, 0.5) is 4.79 Å². The Labute approximate surface area is 126 Å². The van der Waals surface area contributed by atoms with Crippen molar-refractivity contribution in [1.82, 2.24) is 5.32 Å². The van der Waals surface area contributed by atoms with E-state index in [0.29, 0.717) is 11.8 Å². The van der Waals surface area contributed by atoms with Crippen LogP contribution in [0.5, 0.6) is 0 Å². The van der Waals surface area contributed by atoms with Gasteiger partial charge < -0.3 is 10.1 Å². The lowest BCUT2D eigenvalue weighted by Crippen LogP contribution is -2.63. The molecular formula is C18H23NO2. The number of amides is 1. The normalized spacial score (nSPS) is 40.0. The standard InChI is InChI=1S/C18H23NO2/c1-21-17(20)19-18(14-5-3-2-4-6-14)15-8-12-7-13(10-15)11-16(18)9-12/h2-6,12-13,15-16H,7-11H2,1H3,(H,19,20). The zero-order valence-electron chi connectivity index (χ0n) is 12.5. The third-order valence-corrected chi connectivity index (χ3v) is 6.17. The summed E-state index contributed by atoms with van der Waals surface area (Å²) in [4.78, 5) is 12.0. The van der Waals surface area contributed by atoms with Gasteiger partial charge in [-0.15, -0.1) is 0 Å². The van der Waals surface area contributed by atoms with Gasteiger partial charge in [-0.25, -0.2) is 4.79 Å². The van der Waals surface area contributed by atoms with Crippen LogP contribution in [0, 0.1) is 23.7 Å². The van der Waals surface area contributed by atoms with E-state index >= 15 is 0 Å². The Morgan fingerprint density at radius 3 is 2.14 bits per heavy atom. The quantitative estimate of drug-likeness (QED) is 0.900. The highest BCUT2D eigenvalue weighted by molar-refractivity contribution is 5.69. The number of ether oxygens (including phenoxy) is 1. The van der Waals surface area contributed by atoms with Gasteiger partial charge in [0.25, 0.3) is 0 Å². The maximum absolute atomic E-state index is 12.0. The zero-order valence-corrected chi connectivity index (χ0v) is 12.5. The van der Waals surface area contributed by atoms with Crippen molar-refractivity contribution in [2.24, 2.45) is 23.7 Å². The van der Waals surface area contributed by atoms with Crippen LogP contribution >= 0.6 is 0 Å². The first-order chi connectivity index (χ1) is 10.2. The average molecular weight is 285 g/mol. The van der Waals surface area contributed by atoms with Crippen LogP contribution < -0.4 is 5.32 Å². The van der Waals surface area contributed by atoms with Crippen LogP contribution in [0.1, 0.15) is 37.7 Å². The van der Waals surface area contributed by atoms with Gasteiger partial charge in [0.15, 0.2) is 0 Å². The first-order valence-electron chi connectivity index (χ1n) is 8.14. The molecule has 1 aromatic carbocycles. The number of rotatable bonds is 2. The molecule has 0 spiro atoms. The highest BCUT2D eigenvalue weighted by Gasteiger charge is 2.58. The Bertz CT molecular complexity index is 511. The third-order valence-electron chi connectivity index (χ3n) is 6.17. The summed E-state index contributed by atoms with van der Waals surface area (Å²) < 4.78 is 4.95. The summed E-state index contributed by atoms with van der Waals surface area (Å²) in [5.74, 6) is 2.89. The Balaban J connectivity index is 1.79. The molecule has 0 aliphatic heterocycles. The van der Waals surface area contributed by atoms with Crippen LogP contribution in [-0.2, 0) is 10.3 Å². The monoisotopic (exact) mass is 285 g/mol. The van der Waals surface area contributed by atoms with E-state index in [1.807, 2.05) is 6.07 Å². The molecule has 0 aromatic heterocycles. The fraction of sp³-hybridized carbons (Fsp3) is 0.611. The van der Waals surface area contributed by atoms with Crippen molar-refractivity contribution in [2.45, 2.75) is 37.6 Å². The van der Waals surface area contributed by atoms with Crippen LogP contribution in [0.3, 0.4) is 0 Å². The van der Waals surface area contributed by atoms with E-state index in [1.54, 1.807) is 0 Å². The van der Waals surface area contributed by atoms with Crippen molar-refractivity contribution in [1.29, 1.82) is 0 Å². The summed E-state index contributed by atoms with van der Waals surface area (Å²) in [6.07, 6.45) is 6.15. The molecule has 4 saturated carbocycles. The van der Waals surface area contributed by atoms with Crippen LogP contribution in [-0.4, -0.2) is 13.2 Å². The van der Waals surface area contributed by atoms with Gasteiger partial charge in [-0.1, -0.05) is 30.3 Å². The van der Waals surface area contributed by atoms with E-state index in [4.69, 9.17) is 4.74 Å². The smallest absolute Gasteiger partial charge is 0.407 e. The molecule has 21 heavy (non-hydrogen) atoms. The van der Waals surface area contributed by atoms with E-state index in [-0.39, 0.29) is 11.6 Å². The highest BCUT2D eigenvalue weighted by Crippen LogP contribution is 2.61. The van der Waals surface area contributed by atoms with E-state index in [2.05, 4.69) is 29.6 Å². The molecule has 0 saturated heterocycles. The van der Waals surface area contributed by atoms with Crippen molar-refractivity contribution in [2.75, 3.05) is 7.11 Å². The molecule has 5 rings (SSSR count). The maximum Gasteiger partial charge on any atom is 0.407 e. The van der Waals surface area contributed by atoms with Crippen LogP contribution in [0.15, 0.2) is 30.3 Å². The van der Waals surface area contributed by atoms with Gasteiger partial charge in [0.05, 0.1) is 12.6 Å². The second-order valence-corrected chi connectivity index (χ2v) is 7.16. The number of carbonyl (C=O) groups is 1. The lowest BCUT2D eigenvalue weighted by Gasteiger charge is -2.61. The molecule has 0 heterocycles. The van der Waals surface area contributed by atoms with Crippen molar-refractivity contribution in [3.05, 3.63) is 35.9 Å². The number of hydrogen-bond acceptors (Lipinski definition) is 2. The molecule has 4 aliphatic carbocycles. The second-order valence-electron chi connectivity index (χ2n) is 7.16. The van der Waals surface area contributed by atoms with Crippen molar-refractivity contribution in [3.8, 4) is 0 Å². The fourth-order valence-electron chi connectivity index (χ4n) is 5.61. The molecule has 4 bridgehead atoms. The minimum absolute atomic E-state index is 0.207. The summed E-state index contributed by atoms with van der Waals surface area (Å²) in [5.41, 5.74) is 1.06. The number of alkyl carbamates (subject to hydrolysis) is 1. The number of methoxy groups -OCH3 is 1. The molecule has 4 fully saturated rings. The molecule has 112 valence electrons. The topological polar surface area (TPSA) is 38.3 Å². The number of hydrogen-bond donors (Lipinski definition) is 1. The molecule has 4 aliphatic rings. The molecule has 1 N–H and O–H groups in total. The first kappa shape index (κ1) is 13.2. The Morgan fingerprint density at radius 2 is 1.62 bits per heavy atom. The van der Waals surface area contributed by atoms with Gasteiger partial charge >= 0.3 is 6.09 Å². The zero-order chi connectivity index (χ0) is 14.4. The predicted molar refractivity (Wildman–Crippen MR) is 80.7 cm³/mol. The maximum atomic E-state index is 12.0. The van der Waals surface area contributed by atoms with Crippen molar-refractivity contribution < 1.29 is 9.53 Å². The number of carbonyl (C=O) groups excluding carboxylic acids is 1. The van der Waals surface area contributed by atoms with Crippen molar-refractivity contribution >= 4 is 6.09 Å². The fourth-order valence-corrected chi connectivity index (χ4v) is 5.61. The van der Waals surface area contributed by atoms with Gasteiger partial charge in [0.2, 0.25) is 0 Å². The van der Waals surface area contributed by atoms with Crippen molar-refractivity contribution in [3.63, 3.8) is 0 Å². The third kappa shape index (κ3) is 1.90. The molecule has 3 nitrogen and oxygen atoms in total. The summed E-state index contributed by atoms with van der Waals surface area (Å²) in [7, 11) is 1.46. The number of nitrogens with one attached hydrogen (secondary N) is 1. The summed E-state index contributed by atoms with van der Waals surface area (Å²) in [5, 5.41) is 3.28. The lowest BCUT2D eigenvalue weighted by molar-refractivity contribution is -0.0748. The Hall–Kier alpha value is -1.51. The first-order valence-corrected chi connectivity index (χ1v) is 8.14. The van der Waals surface area contributed by atoms with Crippen LogP contribution in [0.2, 0.25) is 0 Å². The molecule has 3 heteroatoms. The largest absolute Gasteiger partial charge is 0.453 e. The number of benzene rings is 1. The Morgan fingerprint density at radius 1 is 1.05 bits per heavy atom. The predicted octanol–water partition coefficient (Wildman–Crippen LogP) is 3.69. The summed E-state index contributed by atoms with van der Waals surface area (Å²) >= 11 is 0. The van der Waals surface area contributed by atoms with E-state index in [0.717, 1.165) is 11.8 Å². The van der Waals surface area contributed by atoms with Gasteiger partial charge in [0.1, 0.15) is 0 Å². The van der Waals surface area contributed by atoms with E-state index in [1.165, 1.54) is 44.8 Å². The lowest BCUT2D eigenvalue weighted by atomic mass is 9.47. The van der Waals surface area contributed by atoms with E-state index < -0.39 is 0 Å². The molecule has 1 aromatic rings. The second kappa shape index (κ2) is 4.75. The van der Waals surface area contributed by atoms with Gasteiger partial charge in [-0.05, 0) is 61.3 Å². The SMILES string of the molecule is COC(=O)NC1(c2ccccc2)C2CC3CC(C2)CC1C3.